The third-order valence-corrected chi connectivity index (χ3v) is 13.1. The minimum absolute atomic E-state index is 0.0696. The molecule has 0 heterocycles. The largest absolute Gasteiger partial charge is 0.462 e. The van der Waals surface area contributed by atoms with Crippen LogP contribution in [-0.4, -0.2) is 46.9 Å². The van der Waals surface area contributed by atoms with Crippen LogP contribution < -0.4 is 5.32 Å². The van der Waals surface area contributed by atoms with Gasteiger partial charge in [-0.2, -0.15) is 0 Å². The van der Waals surface area contributed by atoms with Crippen LogP contribution in [0.15, 0.2) is 24.3 Å². The van der Waals surface area contributed by atoms with Crippen molar-refractivity contribution in [2.24, 2.45) is 0 Å². The maximum atomic E-state index is 13.2. The molecule has 0 rings (SSSR count). The summed E-state index contributed by atoms with van der Waals surface area (Å²) in [5, 5.41) is 23.9. The van der Waals surface area contributed by atoms with E-state index in [1.807, 2.05) is 0 Å². The molecule has 6 nitrogen and oxygen atoms in total. The molecule has 0 aliphatic rings. The molecular formula is C57H109NO5. The molecule has 0 aromatic heterocycles. The molecule has 3 unspecified atom stereocenters. The Balaban J connectivity index is 4.51. The lowest BCUT2D eigenvalue weighted by molar-refractivity contribution is -0.151. The summed E-state index contributed by atoms with van der Waals surface area (Å²) < 4.78 is 5.94. The molecule has 0 saturated carbocycles. The van der Waals surface area contributed by atoms with Gasteiger partial charge in [0.1, 0.15) is 6.10 Å². The number of unbranched alkanes of at least 4 members (excludes halogenated alkanes) is 36. The molecule has 0 bridgehead atoms. The first-order valence-electron chi connectivity index (χ1n) is 28.1. The number of aliphatic hydroxyl groups is 2. The Labute approximate surface area is 392 Å². The highest BCUT2D eigenvalue weighted by Gasteiger charge is 2.24. The molecule has 0 aromatic carbocycles. The summed E-state index contributed by atoms with van der Waals surface area (Å²) in [6, 6.07) is -0.704. The molecule has 3 atom stereocenters. The summed E-state index contributed by atoms with van der Waals surface area (Å²) in [5.41, 5.74) is 0. The SMILES string of the molecule is CCCCC/C=C/C=C/CCCCCCC(CC(=O)NC(CO)C(O)CCCCCCCCCCCCCCCCCC)OC(=O)CCCCCCCCCCCCCCCCC. The van der Waals surface area contributed by atoms with Crippen molar-refractivity contribution < 1.29 is 24.5 Å². The number of rotatable bonds is 51. The van der Waals surface area contributed by atoms with Gasteiger partial charge in [-0.1, -0.05) is 263 Å². The van der Waals surface area contributed by atoms with Crippen LogP contribution in [0.1, 0.15) is 303 Å². The fourth-order valence-corrected chi connectivity index (χ4v) is 8.78. The van der Waals surface area contributed by atoms with Gasteiger partial charge in [0.05, 0.1) is 25.2 Å². The van der Waals surface area contributed by atoms with Crippen LogP contribution >= 0.6 is 0 Å². The molecular weight excluding hydrogens is 779 g/mol. The van der Waals surface area contributed by atoms with Crippen molar-refractivity contribution in [3.8, 4) is 0 Å². The number of nitrogens with one attached hydrogen (secondary N) is 1. The Hall–Kier alpha value is -1.66. The van der Waals surface area contributed by atoms with Crippen molar-refractivity contribution in [2.75, 3.05) is 6.61 Å². The quantitative estimate of drug-likeness (QED) is 0.0321. The second-order valence-electron chi connectivity index (χ2n) is 19.4. The van der Waals surface area contributed by atoms with E-state index in [9.17, 15) is 19.8 Å². The van der Waals surface area contributed by atoms with Gasteiger partial charge in [0, 0.05) is 6.42 Å². The van der Waals surface area contributed by atoms with Crippen molar-refractivity contribution in [1.82, 2.24) is 5.32 Å². The zero-order valence-electron chi connectivity index (χ0n) is 42.5. The van der Waals surface area contributed by atoms with Crippen LogP contribution in [0.4, 0.5) is 0 Å². The van der Waals surface area contributed by atoms with Gasteiger partial charge < -0.3 is 20.3 Å². The number of esters is 1. The lowest BCUT2D eigenvalue weighted by Gasteiger charge is -2.24. The maximum absolute atomic E-state index is 13.2. The highest BCUT2D eigenvalue weighted by molar-refractivity contribution is 5.77. The van der Waals surface area contributed by atoms with Gasteiger partial charge in [0.15, 0.2) is 0 Å². The fraction of sp³-hybridized carbons (Fsp3) is 0.895. The first-order valence-corrected chi connectivity index (χ1v) is 28.1. The number of ether oxygens (including phenoxy) is 1. The van der Waals surface area contributed by atoms with E-state index in [4.69, 9.17) is 4.74 Å². The summed E-state index contributed by atoms with van der Waals surface area (Å²) >= 11 is 0. The summed E-state index contributed by atoms with van der Waals surface area (Å²) in [5.74, 6) is -0.477. The zero-order chi connectivity index (χ0) is 45.9. The van der Waals surface area contributed by atoms with Gasteiger partial charge in [0.2, 0.25) is 5.91 Å². The molecule has 0 saturated heterocycles. The van der Waals surface area contributed by atoms with Gasteiger partial charge in [-0.25, -0.2) is 0 Å². The average Bonchev–Trinajstić information content (AvgIpc) is 3.28. The lowest BCUT2D eigenvalue weighted by atomic mass is 10.0. The first-order chi connectivity index (χ1) is 31.0. The Bertz CT molecular complexity index is 997. The number of aliphatic hydroxyl groups excluding tert-OH is 2. The van der Waals surface area contributed by atoms with Crippen molar-refractivity contribution in [1.29, 1.82) is 0 Å². The van der Waals surface area contributed by atoms with E-state index in [-0.39, 0.29) is 24.9 Å². The van der Waals surface area contributed by atoms with Crippen molar-refractivity contribution in [2.45, 2.75) is 322 Å². The number of carbonyl (C=O) groups is 2. The van der Waals surface area contributed by atoms with E-state index >= 15 is 0 Å². The highest BCUT2D eigenvalue weighted by atomic mass is 16.5. The Morgan fingerprint density at radius 1 is 0.460 bits per heavy atom. The molecule has 63 heavy (non-hydrogen) atoms. The maximum Gasteiger partial charge on any atom is 0.306 e. The molecule has 1 amide bonds. The monoisotopic (exact) mass is 888 g/mol. The molecule has 372 valence electrons. The van der Waals surface area contributed by atoms with Gasteiger partial charge in [-0.3, -0.25) is 9.59 Å². The molecule has 0 fully saturated rings. The highest BCUT2D eigenvalue weighted by Crippen LogP contribution is 2.19. The molecule has 0 aromatic rings. The summed E-state index contributed by atoms with van der Waals surface area (Å²) in [7, 11) is 0. The number of allylic oxidation sites excluding steroid dienone is 4. The number of hydrogen-bond acceptors (Lipinski definition) is 5. The molecule has 0 radical (unpaired) electrons. The summed E-state index contributed by atoms with van der Waals surface area (Å²) in [6.07, 6.45) is 59.5. The summed E-state index contributed by atoms with van der Waals surface area (Å²) in [4.78, 5) is 26.2. The second-order valence-corrected chi connectivity index (χ2v) is 19.4. The molecule has 0 aliphatic heterocycles. The lowest BCUT2D eigenvalue weighted by Crippen LogP contribution is -2.46. The smallest absolute Gasteiger partial charge is 0.306 e. The third-order valence-electron chi connectivity index (χ3n) is 13.1. The van der Waals surface area contributed by atoms with Gasteiger partial charge in [0.25, 0.3) is 0 Å². The van der Waals surface area contributed by atoms with Crippen LogP contribution in [0.3, 0.4) is 0 Å². The van der Waals surface area contributed by atoms with Crippen LogP contribution in [0.5, 0.6) is 0 Å². The number of carbonyl (C=O) groups excluding carboxylic acids is 2. The Morgan fingerprint density at radius 3 is 1.21 bits per heavy atom. The third kappa shape index (κ3) is 46.7. The van der Waals surface area contributed by atoms with Gasteiger partial charge in [-0.15, -0.1) is 0 Å². The number of amides is 1. The molecule has 3 N–H and O–H groups in total. The number of hydrogen-bond donors (Lipinski definition) is 3. The second kappa shape index (κ2) is 51.3. The van der Waals surface area contributed by atoms with Gasteiger partial charge in [-0.05, 0) is 51.4 Å². The van der Waals surface area contributed by atoms with E-state index in [2.05, 4.69) is 50.4 Å². The first kappa shape index (κ1) is 61.3. The van der Waals surface area contributed by atoms with Crippen molar-refractivity contribution >= 4 is 11.9 Å². The van der Waals surface area contributed by atoms with E-state index in [1.54, 1.807) is 0 Å². The van der Waals surface area contributed by atoms with Crippen LogP contribution in [0.25, 0.3) is 0 Å². The standard InChI is InChI=1S/C57H109NO5/c1-4-7-10-13-16-19-22-25-27-29-31-34-37-40-43-46-49-55(60)54(52-59)58-56(61)51-53(48-45-42-39-36-33-30-24-21-18-15-12-9-6-3)63-57(62)50-47-44-41-38-35-32-28-26-23-20-17-14-11-8-5-2/h18,21,24,30,53-55,59-60H,4-17,19-20,22-23,25-29,31-52H2,1-3H3,(H,58,61)/b21-18+,30-24+. The van der Waals surface area contributed by atoms with Crippen molar-refractivity contribution in [3.05, 3.63) is 24.3 Å². The fourth-order valence-electron chi connectivity index (χ4n) is 8.78. The predicted octanol–water partition coefficient (Wildman–Crippen LogP) is 17.1. The van der Waals surface area contributed by atoms with E-state index in [0.29, 0.717) is 19.3 Å². The van der Waals surface area contributed by atoms with E-state index in [1.165, 1.54) is 186 Å². The Kier molecular flexibility index (Phi) is 50.0. The van der Waals surface area contributed by atoms with Crippen LogP contribution in [0.2, 0.25) is 0 Å². The summed E-state index contributed by atoms with van der Waals surface area (Å²) in [6.45, 7) is 6.48. The average molecular weight is 889 g/mol. The molecule has 6 heteroatoms. The zero-order valence-corrected chi connectivity index (χ0v) is 42.5. The normalized spacial score (nSPS) is 13.3. The van der Waals surface area contributed by atoms with Crippen LogP contribution in [-0.2, 0) is 14.3 Å². The minimum atomic E-state index is -0.790. The van der Waals surface area contributed by atoms with Gasteiger partial charge >= 0.3 is 5.97 Å². The van der Waals surface area contributed by atoms with Crippen molar-refractivity contribution in [3.63, 3.8) is 0 Å². The van der Waals surface area contributed by atoms with E-state index in [0.717, 1.165) is 70.6 Å². The predicted molar refractivity (Wildman–Crippen MR) is 273 cm³/mol. The Morgan fingerprint density at radius 2 is 0.794 bits per heavy atom. The molecule has 0 aliphatic carbocycles. The van der Waals surface area contributed by atoms with E-state index < -0.39 is 18.2 Å². The minimum Gasteiger partial charge on any atom is -0.462 e. The molecule has 0 spiro atoms. The topological polar surface area (TPSA) is 95.9 Å². The van der Waals surface area contributed by atoms with Crippen LogP contribution in [0, 0.1) is 0 Å².